The third-order valence-electron chi connectivity index (χ3n) is 4.47. The molecular weight excluding hydrogens is 393 g/mol. The molecule has 0 saturated heterocycles. The van der Waals surface area contributed by atoms with Crippen LogP contribution in [0.3, 0.4) is 0 Å². The fourth-order valence-corrected chi connectivity index (χ4v) is 3.10. The highest BCUT2D eigenvalue weighted by molar-refractivity contribution is 6.05. The molecule has 0 spiro atoms. The number of carbonyl (C=O) groups excluding carboxylic acids is 1. The van der Waals surface area contributed by atoms with Crippen molar-refractivity contribution in [2.75, 3.05) is 11.1 Å². The van der Waals surface area contributed by atoms with Crippen LogP contribution < -0.4 is 11.1 Å². The van der Waals surface area contributed by atoms with Gasteiger partial charge in [-0.2, -0.15) is 13.2 Å². The number of hydrogen-bond donors (Lipinski definition) is 2. The van der Waals surface area contributed by atoms with Gasteiger partial charge >= 0.3 is 6.18 Å². The summed E-state index contributed by atoms with van der Waals surface area (Å²) >= 11 is 0. The predicted octanol–water partition coefficient (Wildman–Crippen LogP) is 5.15. The van der Waals surface area contributed by atoms with Crippen molar-refractivity contribution in [1.82, 2.24) is 9.97 Å². The highest BCUT2D eigenvalue weighted by atomic mass is 19.4. The molecule has 0 aliphatic rings. The molecule has 8 heteroatoms. The van der Waals surface area contributed by atoms with Crippen molar-refractivity contribution in [3.05, 3.63) is 83.9 Å². The Hall–Kier alpha value is -3.94. The standard InChI is InChI=1S/C22H15F3N4O/c23-22(24,25)15-7-3-6-14(11-15)20(30)27-16-8-4-5-13(12-16)19-17-9-1-2-10-18(17)28-21(26)29-19/h1-12H,(H,27,30)(H2,26,28,29). The second-order valence-corrected chi connectivity index (χ2v) is 6.56. The monoisotopic (exact) mass is 408 g/mol. The maximum absolute atomic E-state index is 12.9. The van der Waals surface area contributed by atoms with Crippen LogP contribution in [0.5, 0.6) is 0 Å². The molecule has 0 radical (unpaired) electrons. The number of rotatable bonds is 3. The summed E-state index contributed by atoms with van der Waals surface area (Å²) in [6.45, 7) is 0. The van der Waals surface area contributed by atoms with Crippen molar-refractivity contribution in [2.45, 2.75) is 6.18 Å². The molecule has 0 saturated carbocycles. The third kappa shape index (κ3) is 3.93. The van der Waals surface area contributed by atoms with Crippen LogP contribution >= 0.6 is 0 Å². The van der Waals surface area contributed by atoms with E-state index in [9.17, 15) is 18.0 Å². The number of para-hydroxylation sites is 1. The molecule has 0 atom stereocenters. The average molecular weight is 408 g/mol. The quantitative estimate of drug-likeness (QED) is 0.491. The maximum Gasteiger partial charge on any atom is 0.416 e. The molecule has 3 N–H and O–H groups in total. The lowest BCUT2D eigenvalue weighted by Gasteiger charge is -2.11. The molecule has 0 aliphatic heterocycles. The van der Waals surface area contributed by atoms with Gasteiger partial charge in [-0.3, -0.25) is 4.79 Å². The number of alkyl halides is 3. The molecule has 30 heavy (non-hydrogen) atoms. The first-order chi connectivity index (χ1) is 14.3. The van der Waals surface area contributed by atoms with Crippen molar-refractivity contribution in [1.29, 1.82) is 0 Å². The van der Waals surface area contributed by atoms with Gasteiger partial charge in [-0.1, -0.05) is 36.4 Å². The topological polar surface area (TPSA) is 80.9 Å². The molecule has 1 amide bonds. The Bertz CT molecular complexity index is 1250. The van der Waals surface area contributed by atoms with Gasteiger partial charge in [0.1, 0.15) is 0 Å². The van der Waals surface area contributed by atoms with E-state index >= 15 is 0 Å². The number of fused-ring (bicyclic) bond motifs is 1. The van der Waals surface area contributed by atoms with Gasteiger partial charge in [-0.05, 0) is 36.4 Å². The predicted molar refractivity (Wildman–Crippen MR) is 109 cm³/mol. The maximum atomic E-state index is 12.9. The Kier molecular flexibility index (Phi) is 4.83. The average Bonchev–Trinajstić information content (AvgIpc) is 2.73. The van der Waals surface area contributed by atoms with Crippen molar-refractivity contribution in [3.8, 4) is 11.3 Å². The SMILES string of the molecule is Nc1nc(-c2cccc(NC(=O)c3cccc(C(F)(F)F)c3)c2)c2ccccc2n1. The van der Waals surface area contributed by atoms with Gasteiger partial charge in [-0.25, -0.2) is 9.97 Å². The van der Waals surface area contributed by atoms with Gasteiger partial charge in [0, 0.05) is 22.2 Å². The van der Waals surface area contributed by atoms with E-state index in [1.54, 1.807) is 24.3 Å². The lowest BCUT2D eigenvalue weighted by molar-refractivity contribution is -0.137. The van der Waals surface area contributed by atoms with E-state index in [0.717, 1.165) is 17.5 Å². The number of hydrogen-bond acceptors (Lipinski definition) is 4. The summed E-state index contributed by atoms with van der Waals surface area (Å²) in [5.41, 5.74) is 7.21. The Balaban J connectivity index is 1.66. The largest absolute Gasteiger partial charge is 0.416 e. The van der Waals surface area contributed by atoms with Gasteiger partial charge in [0.15, 0.2) is 0 Å². The van der Waals surface area contributed by atoms with Crippen LogP contribution in [-0.2, 0) is 6.18 Å². The van der Waals surface area contributed by atoms with Gasteiger partial charge in [-0.15, -0.1) is 0 Å². The number of amides is 1. The van der Waals surface area contributed by atoms with Crippen molar-refractivity contribution in [2.24, 2.45) is 0 Å². The zero-order valence-electron chi connectivity index (χ0n) is 15.4. The van der Waals surface area contributed by atoms with E-state index in [1.165, 1.54) is 12.1 Å². The molecule has 5 nitrogen and oxygen atoms in total. The fourth-order valence-electron chi connectivity index (χ4n) is 3.10. The lowest BCUT2D eigenvalue weighted by Crippen LogP contribution is -2.14. The molecule has 1 aromatic heterocycles. The van der Waals surface area contributed by atoms with E-state index < -0.39 is 17.6 Å². The second-order valence-electron chi connectivity index (χ2n) is 6.56. The Morgan fingerprint density at radius 2 is 1.67 bits per heavy atom. The van der Waals surface area contributed by atoms with Gasteiger partial charge < -0.3 is 11.1 Å². The minimum atomic E-state index is -4.52. The van der Waals surface area contributed by atoms with Crippen LogP contribution in [0, 0.1) is 0 Å². The first-order valence-electron chi connectivity index (χ1n) is 8.92. The van der Waals surface area contributed by atoms with Crippen LogP contribution in [0.2, 0.25) is 0 Å². The summed E-state index contributed by atoms with van der Waals surface area (Å²) in [5.74, 6) is -0.535. The molecular formula is C22H15F3N4O. The van der Waals surface area contributed by atoms with Crippen molar-refractivity contribution in [3.63, 3.8) is 0 Å². The number of nitrogens with two attached hydrogens (primary N) is 1. The van der Waals surface area contributed by atoms with Gasteiger partial charge in [0.05, 0.1) is 16.8 Å². The van der Waals surface area contributed by atoms with Gasteiger partial charge in [0.25, 0.3) is 5.91 Å². The van der Waals surface area contributed by atoms with E-state index in [-0.39, 0.29) is 11.5 Å². The summed E-state index contributed by atoms with van der Waals surface area (Å²) < 4.78 is 38.7. The minimum Gasteiger partial charge on any atom is -0.368 e. The van der Waals surface area contributed by atoms with E-state index in [2.05, 4.69) is 15.3 Å². The third-order valence-corrected chi connectivity index (χ3v) is 4.47. The number of benzene rings is 3. The van der Waals surface area contributed by atoms with Gasteiger partial charge in [0.2, 0.25) is 5.95 Å². The van der Waals surface area contributed by atoms with Crippen LogP contribution in [0.25, 0.3) is 22.2 Å². The number of halogens is 3. The van der Waals surface area contributed by atoms with E-state index in [1.807, 2.05) is 24.3 Å². The number of nitrogens with one attached hydrogen (secondary N) is 1. The highest BCUT2D eigenvalue weighted by Gasteiger charge is 2.30. The summed E-state index contributed by atoms with van der Waals surface area (Å²) in [5, 5.41) is 3.41. The minimum absolute atomic E-state index is 0.0908. The molecule has 0 aliphatic carbocycles. The Morgan fingerprint density at radius 1 is 0.900 bits per heavy atom. The second kappa shape index (κ2) is 7.47. The summed E-state index contributed by atoms with van der Waals surface area (Å²) in [6.07, 6.45) is -4.52. The number of nitrogen functional groups attached to an aromatic ring is 1. The summed E-state index contributed by atoms with van der Waals surface area (Å²) in [6, 6.07) is 18.5. The molecule has 150 valence electrons. The fraction of sp³-hybridized carbons (Fsp3) is 0.0455. The number of nitrogens with zero attached hydrogens (tertiary/aromatic N) is 2. The summed E-state index contributed by atoms with van der Waals surface area (Å²) in [7, 11) is 0. The lowest BCUT2D eigenvalue weighted by atomic mass is 10.1. The van der Waals surface area contributed by atoms with Crippen LogP contribution in [0.4, 0.5) is 24.8 Å². The molecule has 0 bridgehead atoms. The molecule has 1 heterocycles. The number of anilines is 2. The smallest absolute Gasteiger partial charge is 0.368 e. The molecule has 4 rings (SSSR count). The van der Waals surface area contributed by atoms with Crippen LogP contribution in [0.15, 0.2) is 72.8 Å². The van der Waals surface area contributed by atoms with Crippen LogP contribution in [-0.4, -0.2) is 15.9 Å². The van der Waals surface area contributed by atoms with E-state index in [4.69, 9.17) is 5.73 Å². The zero-order valence-corrected chi connectivity index (χ0v) is 15.4. The Labute approximate surface area is 169 Å². The normalized spacial score (nSPS) is 11.4. The molecule has 0 fully saturated rings. The molecule has 0 unspecified atom stereocenters. The van der Waals surface area contributed by atoms with Crippen molar-refractivity contribution >= 4 is 28.4 Å². The molecule has 3 aromatic carbocycles. The molecule has 4 aromatic rings. The highest BCUT2D eigenvalue weighted by Crippen LogP contribution is 2.30. The van der Waals surface area contributed by atoms with Crippen molar-refractivity contribution < 1.29 is 18.0 Å². The first kappa shape index (κ1) is 19.4. The first-order valence-corrected chi connectivity index (χ1v) is 8.92. The van der Waals surface area contributed by atoms with Crippen LogP contribution in [0.1, 0.15) is 15.9 Å². The summed E-state index contributed by atoms with van der Waals surface area (Å²) in [4.78, 5) is 21.0. The number of aromatic nitrogens is 2. The van der Waals surface area contributed by atoms with E-state index in [0.29, 0.717) is 22.5 Å². The Morgan fingerprint density at radius 3 is 2.47 bits per heavy atom. The zero-order chi connectivity index (χ0) is 21.3. The number of carbonyl (C=O) groups is 1.